The zero-order chi connectivity index (χ0) is 14.8. The number of carbonyl (C=O) groups excluding carboxylic acids is 1. The Bertz CT molecular complexity index is 456. The van der Waals surface area contributed by atoms with Gasteiger partial charge in [-0.3, -0.25) is 9.69 Å². The molecule has 1 aromatic rings. The minimum atomic E-state index is -0.127. The Morgan fingerprint density at radius 2 is 1.90 bits per heavy atom. The molecule has 0 radical (unpaired) electrons. The fourth-order valence-corrected chi connectivity index (χ4v) is 2.20. The summed E-state index contributed by atoms with van der Waals surface area (Å²) in [5, 5.41) is 3.69. The summed E-state index contributed by atoms with van der Waals surface area (Å²) in [7, 11) is 0. The van der Waals surface area contributed by atoms with E-state index in [2.05, 4.69) is 35.8 Å². The van der Waals surface area contributed by atoms with Gasteiger partial charge in [0, 0.05) is 33.1 Å². The summed E-state index contributed by atoms with van der Waals surface area (Å²) in [6, 6.07) is 0. The molecule has 1 amide bonds. The third-order valence-electron chi connectivity index (χ3n) is 3.56. The maximum Gasteiger partial charge on any atom is 0.295 e. The summed E-state index contributed by atoms with van der Waals surface area (Å²) in [5.74, 6) is 0.472. The standard InChI is InChI=1S/C14H24N4O2/c1-11-15-12(16-20-11)13(19)18-9-7-17(8-10-18)6-5-14(2,3)4/h5-10H2,1-4H3. The van der Waals surface area contributed by atoms with Crippen molar-refractivity contribution < 1.29 is 9.32 Å². The van der Waals surface area contributed by atoms with Crippen LogP contribution in [0.1, 0.15) is 43.7 Å². The molecular weight excluding hydrogens is 256 g/mol. The zero-order valence-electron chi connectivity index (χ0n) is 12.8. The van der Waals surface area contributed by atoms with Crippen LogP contribution in [0.4, 0.5) is 0 Å². The summed E-state index contributed by atoms with van der Waals surface area (Å²) in [6.45, 7) is 12.8. The van der Waals surface area contributed by atoms with Gasteiger partial charge in [0.2, 0.25) is 5.89 Å². The molecule has 0 saturated carbocycles. The van der Waals surface area contributed by atoms with Crippen LogP contribution in [-0.4, -0.2) is 58.6 Å². The van der Waals surface area contributed by atoms with Crippen LogP contribution in [0.2, 0.25) is 0 Å². The van der Waals surface area contributed by atoms with E-state index in [0.29, 0.717) is 11.3 Å². The van der Waals surface area contributed by atoms with E-state index in [4.69, 9.17) is 4.52 Å². The Labute approximate surface area is 120 Å². The lowest BCUT2D eigenvalue weighted by Gasteiger charge is -2.35. The number of hydrogen-bond donors (Lipinski definition) is 0. The highest BCUT2D eigenvalue weighted by Gasteiger charge is 2.25. The number of piperazine rings is 1. The van der Waals surface area contributed by atoms with Crippen molar-refractivity contribution in [1.29, 1.82) is 0 Å². The maximum atomic E-state index is 12.2. The second-order valence-electron chi connectivity index (χ2n) is 6.58. The van der Waals surface area contributed by atoms with Crippen molar-refractivity contribution in [3.05, 3.63) is 11.7 Å². The second kappa shape index (κ2) is 5.91. The van der Waals surface area contributed by atoms with E-state index in [1.54, 1.807) is 11.8 Å². The predicted molar refractivity (Wildman–Crippen MR) is 75.5 cm³/mol. The van der Waals surface area contributed by atoms with E-state index in [0.717, 1.165) is 32.7 Å². The molecule has 1 aliphatic heterocycles. The molecule has 1 aromatic heterocycles. The van der Waals surface area contributed by atoms with E-state index < -0.39 is 0 Å². The molecule has 0 aliphatic carbocycles. The maximum absolute atomic E-state index is 12.2. The van der Waals surface area contributed by atoms with Crippen molar-refractivity contribution >= 4 is 5.91 Å². The lowest BCUT2D eigenvalue weighted by Crippen LogP contribution is -2.49. The highest BCUT2D eigenvalue weighted by molar-refractivity contribution is 5.90. The number of aromatic nitrogens is 2. The van der Waals surface area contributed by atoms with E-state index in [1.165, 1.54) is 6.42 Å². The third-order valence-corrected chi connectivity index (χ3v) is 3.56. The van der Waals surface area contributed by atoms with Crippen molar-refractivity contribution in [1.82, 2.24) is 19.9 Å². The molecule has 0 aromatic carbocycles. The Hall–Kier alpha value is -1.43. The lowest BCUT2D eigenvalue weighted by molar-refractivity contribution is 0.0608. The molecule has 2 heterocycles. The van der Waals surface area contributed by atoms with Gasteiger partial charge < -0.3 is 9.42 Å². The lowest BCUT2D eigenvalue weighted by atomic mass is 9.92. The Morgan fingerprint density at radius 3 is 2.40 bits per heavy atom. The van der Waals surface area contributed by atoms with Gasteiger partial charge in [0.1, 0.15) is 0 Å². The molecule has 112 valence electrons. The molecule has 6 nitrogen and oxygen atoms in total. The van der Waals surface area contributed by atoms with Crippen molar-refractivity contribution in [2.24, 2.45) is 5.41 Å². The van der Waals surface area contributed by atoms with Crippen molar-refractivity contribution in [3.8, 4) is 0 Å². The summed E-state index contributed by atoms with van der Waals surface area (Å²) >= 11 is 0. The molecule has 1 aliphatic rings. The number of amides is 1. The van der Waals surface area contributed by atoms with Gasteiger partial charge >= 0.3 is 0 Å². The minimum absolute atomic E-state index is 0.127. The summed E-state index contributed by atoms with van der Waals surface area (Å²) in [4.78, 5) is 20.4. The summed E-state index contributed by atoms with van der Waals surface area (Å²) in [5.41, 5.74) is 0.356. The van der Waals surface area contributed by atoms with Gasteiger partial charge in [0.15, 0.2) is 0 Å². The van der Waals surface area contributed by atoms with Gasteiger partial charge in [-0.1, -0.05) is 25.9 Å². The van der Waals surface area contributed by atoms with Crippen LogP contribution in [0.15, 0.2) is 4.52 Å². The molecule has 1 saturated heterocycles. The molecule has 0 bridgehead atoms. The summed E-state index contributed by atoms with van der Waals surface area (Å²) < 4.78 is 4.85. The fraction of sp³-hybridized carbons (Fsp3) is 0.786. The van der Waals surface area contributed by atoms with Crippen LogP contribution in [0.5, 0.6) is 0 Å². The SMILES string of the molecule is Cc1nc(C(=O)N2CCN(CCC(C)(C)C)CC2)no1. The molecule has 0 unspecified atom stereocenters. The number of nitrogens with zero attached hydrogens (tertiary/aromatic N) is 4. The molecule has 2 rings (SSSR count). The highest BCUT2D eigenvalue weighted by atomic mass is 16.5. The van der Waals surface area contributed by atoms with Crippen molar-refractivity contribution in [2.45, 2.75) is 34.1 Å². The number of rotatable bonds is 3. The smallest absolute Gasteiger partial charge is 0.295 e. The zero-order valence-corrected chi connectivity index (χ0v) is 12.8. The van der Waals surface area contributed by atoms with Gasteiger partial charge in [-0.05, 0) is 18.4 Å². The second-order valence-corrected chi connectivity index (χ2v) is 6.58. The molecule has 0 atom stereocenters. The van der Waals surface area contributed by atoms with Gasteiger partial charge in [-0.25, -0.2) is 0 Å². The van der Waals surface area contributed by atoms with Gasteiger partial charge in [-0.15, -0.1) is 0 Å². The van der Waals surface area contributed by atoms with Crippen LogP contribution in [-0.2, 0) is 0 Å². The van der Waals surface area contributed by atoms with Crippen LogP contribution in [0.25, 0.3) is 0 Å². The number of carbonyl (C=O) groups is 1. The molecule has 0 N–H and O–H groups in total. The van der Waals surface area contributed by atoms with E-state index in [-0.39, 0.29) is 11.7 Å². The van der Waals surface area contributed by atoms with Crippen LogP contribution >= 0.6 is 0 Å². The summed E-state index contributed by atoms with van der Waals surface area (Å²) in [6.07, 6.45) is 1.17. The molecule has 1 fully saturated rings. The van der Waals surface area contributed by atoms with E-state index in [9.17, 15) is 4.79 Å². The number of hydrogen-bond acceptors (Lipinski definition) is 5. The van der Waals surface area contributed by atoms with Crippen LogP contribution < -0.4 is 0 Å². The molecule has 0 spiro atoms. The normalized spacial score (nSPS) is 17.5. The first-order valence-electron chi connectivity index (χ1n) is 7.17. The molecule has 6 heteroatoms. The van der Waals surface area contributed by atoms with Crippen molar-refractivity contribution in [3.63, 3.8) is 0 Å². The first-order valence-corrected chi connectivity index (χ1v) is 7.17. The van der Waals surface area contributed by atoms with Crippen molar-refractivity contribution in [2.75, 3.05) is 32.7 Å². The third kappa shape index (κ3) is 4.03. The first-order chi connectivity index (χ1) is 9.35. The largest absolute Gasteiger partial charge is 0.339 e. The number of aryl methyl sites for hydroxylation is 1. The quantitative estimate of drug-likeness (QED) is 0.841. The predicted octanol–water partition coefficient (Wildman–Crippen LogP) is 1.57. The average Bonchev–Trinajstić information content (AvgIpc) is 2.82. The van der Waals surface area contributed by atoms with Crippen LogP contribution in [0.3, 0.4) is 0 Å². The molecular formula is C14H24N4O2. The highest BCUT2D eigenvalue weighted by Crippen LogP contribution is 2.19. The first kappa shape index (κ1) is 15.0. The van der Waals surface area contributed by atoms with Gasteiger partial charge in [0.05, 0.1) is 0 Å². The average molecular weight is 280 g/mol. The minimum Gasteiger partial charge on any atom is -0.339 e. The fourth-order valence-electron chi connectivity index (χ4n) is 2.20. The Morgan fingerprint density at radius 1 is 1.25 bits per heavy atom. The Kier molecular flexibility index (Phi) is 4.42. The van der Waals surface area contributed by atoms with Gasteiger partial charge in [0.25, 0.3) is 11.7 Å². The molecule has 20 heavy (non-hydrogen) atoms. The Balaban J connectivity index is 1.81. The van der Waals surface area contributed by atoms with E-state index >= 15 is 0 Å². The van der Waals surface area contributed by atoms with E-state index in [1.807, 2.05) is 0 Å². The van der Waals surface area contributed by atoms with Crippen LogP contribution in [0, 0.1) is 12.3 Å². The monoisotopic (exact) mass is 280 g/mol. The topological polar surface area (TPSA) is 62.5 Å². The van der Waals surface area contributed by atoms with Gasteiger partial charge in [-0.2, -0.15) is 4.98 Å².